The van der Waals surface area contributed by atoms with Crippen molar-refractivity contribution in [2.75, 3.05) is 12.4 Å². The van der Waals surface area contributed by atoms with Gasteiger partial charge in [0.2, 0.25) is 0 Å². The highest BCUT2D eigenvalue weighted by molar-refractivity contribution is 6.31. The third kappa shape index (κ3) is 4.55. The van der Waals surface area contributed by atoms with Gasteiger partial charge in [0.1, 0.15) is 5.75 Å². The Hall–Kier alpha value is -2.53. The molecule has 0 saturated heterocycles. The number of ether oxygens (including phenoxy) is 2. The molecule has 0 fully saturated rings. The van der Waals surface area contributed by atoms with Gasteiger partial charge < -0.3 is 14.8 Å². The largest absolute Gasteiger partial charge is 0.495 e. The summed E-state index contributed by atoms with van der Waals surface area (Å²) in [6.07, 6.45) is -0.978. The molecule has 0 radical (unpaired) electrons. The average molecular weight is 376 g/mol. The lowest BCUT2D eigenvalue weighted by atomic mass is 9.85. The summed E-state index contributed by atoms with van der Waals surface area (Å²) in [6, 6.07) is 14.2. The Morgan fingerprint density at radius 2 is 1.77 bits per heavy atom. The van der Waals surface area contributed by atoms with E-state index in [-0.39, 0.29) is 0 Å². The zero-order valence-corrected chi connectivity index (χ0v) is 16.0. The number of carbonyl (C=O) groups excluding carboxylic acids is 2. The Morgan fingerprint density at radius 3 is 2.38 bits per heavy atom. The molecule has 2 rings (SSSR count). The number of nitrogens with one attached hydrogen (secondary N) is 1. The minimum Gasteiger partial charge on any atom is -0.495 e. The summed E-state index contributed by atoms with van der Waals surface area (Å²) >= 11 is 5.96. The Balaban J connectivity index is 2.07. The SMILES string of the molecule is COc1ccc(Cl)cc1NC(=O)[C@H](C)OC(=O)C(C)(C)c1ccccc1. The summed E-state index contributed by atoms with van der Waals surface area (Å²) in [5.74, 6) is -0.488. The van der Waals surface area contributed by atoms with Crippen molar-refractivity contribution in [2.24, 2.45) is 0 Å². The van der Waals surface area contributed by atoms with E-state index in [1.807, 2.05) is 30.3 Å². The maximum atomic E-state index is 12.6. The molecule has 0 heterocycles. The number of carbonyl (C=O) groups is 2. The molecule has 26 heavy (non-hydrogen) atoms. The normalized spacial score (nSPS) is 12.2. The van der Waals surface area contributed by atoms with Crippen LogP contribution >= 0.6 is 11.6 Å². The summed E-state index contributed by atoms with van der Waals surface area (Å²) in [5.41, 5.74) is 0.355. The van der Waals surface area contributed by atoms with Gasteiger partial charge in [-0.2, -0.15) is 0 Å². The first-order chi connectivity index (χ1) is 12.3. The second-order valence-corrected chi connectivity index (χ2v) is 6.81. The van der Waals surface area contributed by atoms with E-state index in [9.17, 15) is 9.59 Å². The van der Waals surface area contributed by atoms with Crippen molar-refractivity contribution in [1.82, 2.24) is 0 Å². The molecule has 0 aliphatic rings. The molecule has 5 nitrogen and oxygen atoms in total. The molecular weight excluding hydrogens is 354 g/mol. The summed E-state index contributed by atoms with van der Waals surface area (Å²) in [6.45, 7) is 5.04. The predicted molar refractivity (Wildman–Crippen MR) is 102 cm³/mol. The van der Waals surface area contributed by atoms with Crippen molar-refractivity contribution < 1.29 is 19.1 Å². The minimum atomic E-state index is -0.978. The minimum absolute atomic E-state index is 0.412. The van der Waals surface area contributed by atoms with Crippen LogP contribution in [0.3, 0.4) is 0 Å². The zero-order chi connectivity index (χ0) is 19.3. The Bertz CT molecular complexity index is 790. The van der Waals surface area contributed by atoms with E-state index >= 15 is 0 Å². The smallest absolute Gasteiger partial charge is 0.316 e. The fourth-order valence-corrected chi connectivity index (χ4v) is 2.52. The van der Waals surface area contributed by atoms with Crippen molar-refractivity contribution in [3.63, 3.8) is 0 Å². The van der Waals surface area contributed by atoms with Gasteiger partial charge in [-0.1, -0.05) is 41.9 Å². The first-order valence-corrected chi connectivity index (χ1v) is 8.54. The highest BCUT2D eigenvalue weighted by atomic mass is 35.5. The van der Waals surface area contributed by atoms with E-state index < -0.39 is 23.4 Å². The lowest BCUT2D eigenvalue weighted by molar-refractivity contribution is -0.158. The monoisotopic (exact) mass is 375 g/mol. The van der Waals surface area contributed by atoms with Crippen molar-refractivity contribution in [3.8, 4) is 5.75 Å². The number of hydrogen-bond acceptors (Lipinski definition) is 4. The van der Waals surface area contributed by atoms with Gasteiger partial charge >= 0.3 is 5.97 Å². The molecule has 0 aliphatic carbocycles. The molecule has 2 aromatic rings. The molecule has 0 aromatic heterocycles. The Kier molecular flexibility index (Phi) is 6.27. The molecular formula is C20H22ClNO4. The van der Waals surface area contributed by atoms with Crippen LogP contribution in [0.25, 0.3) is 0 Å². The molecule has 0 aliphatic heterocycles. The first kappa shape index (κ1) is 19.8. The van der Waals surface area contributed by atoms with Gasteiger partial charge in [-0.15, -0.1) is 0 Å². The second kappa shape index (κ2) is 8.23. The highest BCUT2D eigenvalue weighted by Crippen LogP contribution is 2.28. The summed E-state index contributed by atoms with van der Waals surface area (Å²) < 4.78 is 10.6. The van der Waals surface area contributed by atoms with E-state index in [4.69, 9.17) is 21.1 Å². The summed E-state index contributed by atoms with van der Waals surface area (Å²) in [7, 11) is 1.49. The number of rotatable bonds is 6. The molecule has 0 saturated carbocycles. The van der Waals surface area contributed by atoms with Gasteiger partial charge in [-0.25, -0.2) is 0 Å². The Morgan fingerprint density at radius 1 is 1.12 bits per heavy atom. The third-order valence-corrected chi connectivity index (χ3v) is 4.31. The summed E-state index contributed by atoms with van der Waals surface area (Å²) in [5, 5.41) is 3.13. The molecule has 1 amide bonds. The van der Waals surface area contributed by atoms with Gasteiger partial charge in [0.05, 0.1) is 18.2 Å². The van der Waals surface area contributed by atoms with Gasteiger partial charge in [-0.05, 0) is 44.5 Å². The topological polar surface area (TPSA) is 64.6 Å². The molecule has 2 aromatic carbocycles. The number of halogens is 1. The number of benzene rings is 2. The Labute approximate surface area is 158 Å². The van der Waals surface area contributed by atoms with Crippen molar-refractivity contribution in [2.45, 2.75) is 32.3 Å². The molecule has 1 atom stereocenters. The first-order valence-electron chi connectivity index (χ1n) is 8.16. The quantitative estimate of drug-likeness (QED) is 0.768. The standard InChI is InChI=1S/C20H22ClNO4/c1-13(18(23)22-16-12-15(21)10-11-17(16)25-4)26-19(24)20(2,3)14-8-6-5-7-9-14/h5-13H,1-4H3,(H,22,23)/t13-/m0/s1. The maximum Gasteiger partial charge on any atom is 0.316 e. The van der Waals surface area contributed by atoms with E-state index in [0.29, 0.717) is 16.5 Å². The molecule has 0 unspecified atom stereocenters. The van der Waals surface area contributed by atoms with E-state index in [1.165, 1.54) is 14.0 Å². The fraction of sp³-hybridized carbons (Fsp3) is 0.300. The van der Waals surface area contributed by atoms with Crippen molar-refractivity contribution in [1.29, 1.82) is 0 Å². The van der Waals surface area contributed by atoms with Crippen LogP contribution in [0.1, 0.15) is 26.3 Å². The average Bonchev–Trinajstić information content (AvgIpc) is 2.62. The number of hydrogen-bond donors (Lipinski definition) is 1. The molecule has 1 N–H and O–H groups in total. The molecule has 0 spiro atoms. The lowest BCUT2D eigenvalue weighted by Gasteiger charge is -2.25. The van der Waals surface area contributed by atoms with Crippen LogP contribution in [-0.4, -0.2) is 25.1 Å². The zero-order valence-electron chi connectivity index (χ0n) is 15.2. The van der Waals surface area contributed by atoms with Gasteiger partial charge in [0.25, 0.3) is 5.91 Å². The van der Waals surface area contributed by atoms with Crippen LogP contribution in [-0.2, 0) is 19.7 Å². The van der Waals surface area contributed by atoms with Crippen LogP contribution in [0.4, 0.5) is 5.69 Å². The second-order valence-electron chi connectivity index (χ2n) is 6.37. The van der Waals surface area contributed by atoms with Crippen LogP contribution in [0.5, 0.6) is 5.75 Å². The molecule has 138 valence electrons. The number of methoxy groups -OCH3 is 1. The molecule has 6 heteroatoms. The van der Waals surface area contributed by atoms with Crippen LogP contribution in [0.2, 0.25) is 5.02 Å². The van der Waals surface area contributed by atoms with Crippen molar-refractivity contribution in [3.05, 3.63) is 59.1 Å². The maximum absolute atomic E-state index is 12.6. The molecule has 0 bridgehead atoms. The number of esters is 1. The van der Waals surface area contributed by atoms with Gasteiger partial charge in [0, 0.05) is 5.02 Å². The van der Waals surface area contributed by atoms with Gasteiger partial charge in [0.15, 0.2) is 6.10 Å². The van der Waals surface area contributed by atoms with E-state index in [2.05, 4.69) is 5.32 Å². The van der Waals surface area contributed by atoms with Gasteiger partial charge in [-0.3, -0.25) is 9.59 Å². The van der Waals surface area contributed by atoms with E-state index in [0.717, 1.165) is 5.56 Å². The highest BCUT2D eigenvalue weighted by Gasteiger charge is 2.33. The lowest BCUT2D eigenvalue weighted by Crippen LogP contribution is -2.37. The van der Waals surface area contributed by atoms with E-state index in [1.54, 1.807) is 32.0 Å². The number of anilines is 1. The third-order valence-electron chi connectivity index (χ3n) is 4.08. The fourth-order valence-electron chi connectivity index (χ4n) is 2.35. The number of amides is 1. The van der Waals surface area contributed by atoms with Crippen LogP contribution in [0, 0.1) is 0 Å². The predicted octanol–water partition coefficient (Wildman–Crippen LogP) is 4.20. The summed E-state index contributed by atoms with van der Waals surface area (Å²) in [4.78, 5) is 25.0. The van der Waals surface area contributed by atoms with Crippen LogP contribution in [0.15, 0.2) is 48.5 Å². The van der Waals surface area contributed by atoms with Crippen molar-refractivity contribution >= 4 is 29.2 Å². The van der Waals surface area contributed by atoms with Crippen LogP contribution < -0.4 is 10.1 Å².